The Bertz CT molecular complexity index is 465. The third-order valence-electron chi connectivity index (χ3n) is 2.43. The van der Waals surface area contributed by atoms with E-state index >= 15 is 0 Å². The molecule has 7 heteroatoms. The molecule has 1 aromatic carbocycles. The summed E-state index contributed by atoms with van der Waals surface area (Å²) >= 11 is 0. The van der Waals surface area contributed by atoms with Gasteiger partial charge in [-0.25, -0.2) is 0 Å². The number of ether oxygens (including phenoxy) is 1. The summed E-state index contributed by atoms with van der Waals surface area (Å²) in [5.74, 6) is -0.465. The largest absolute Gasteiger partial charge is 0.573 e. The lowest BCUT2D eigenvalue weighted by Crippen LogP contribution is -2.43. The molecule has 1 aromatic rings. The number of amides is 1. The van der Waals surface area contributed by atoms with Crippen LogP contribution in [0.1, 0.15) is 26.3 Å². The van der Waals surface area contributed by atoms with Crippen LogP contribution in [0.5, 0.6) is 5.75 Å². The second-order valence-electron chi connectivity index (χ2n) is 5.57. The first kappa shape index (κ1) is 17.3. The second kappa shape index (κ2) is 6.80. The highest BCUT2D eigenvalue weighted by Gasteiger charge is 2.30. The molecule has 1 rings (SSSR count). The average molecular weight is 304 g/mol. The fourth-order valence-corrected chi connectivity index (χ4v) is 1.42. The number of halogens is 3. The quantitative estimate of drug-likeness (QED) is 0.879. The lowest BCUT2D eigenvalue weighted by Gasteiger charge is -2.20. The van der Waals surface area contributed by atoms with E-state index in [1.807, 2.05) is 20.8 Å². The van der Waals surface area contributed by atoms with Crippen molar-refractivity contribution in [2.75, 3.05) is 6.54 Å². The summed E-state index contributed by atoms with van der Waals surface area (Å²) in [7, 11) is 0. The highest BCUT2D eigenvalue weighted by Crippen LogP contribution is 2.22. The maximum atomic E-state index is 12.0. The van der Waals surface area contributed by atoms with Gasteiger partial charge in [-0.1, -0.05) is 12.1 Å². The summed E-state index contributed by atoms with van der Waals surface area (Å²) in [6.45, 7) is 6.26. The maximum Gasteiger partial charge on any atom is 0.573 e. The molecule has 0 aliphatic rings. The normalized spacial score (nSPS) is 12.1. The van der Waals surface area contributed by atoms with Crippen molar-refractivity contribution >= 4 is 5.91 Å². The number of rotatable bonds is 5. The molecule has 0 spiro atoms. The number of alkyl halides is 3. The number of hydrogen-bond acceptors (Lipinski definition) is 3. The SMILES string of the molecule is CC(C)(C)NCC(=O)NCc1ccc(OC(F)(F)F)cc1. The summed E-state index contributed by atoms with van der Waals surface area (Å²) < 4.78 is 39.7. The van der Waals surface area contributed by atoms with Gasteiger partial charge in [0.25, 0.3) is 0 Å². The topological polar surface area (TPSA) is 50.4 Å². The Kier molecular flexibility index (Phi) is 5.60. The molecule has 0 saturated heterocycles. The predicted molar refractivity (Wildman–Crippen MR) is 72.7 cm³/mol. The molecular weight excluding hydrogens is 285 g/mol. The minimum absolute atomic E-state index is 0.159. The molecule has 4 nitrogen and oxygen atoms in total. The van der Waals surface area contributed by atoms with Crippen LogP contribution in [0.3, 0.4) is 0 Å². The monoisotopic (exact) mass is 304 g/mol. The zero-order valence-corrected chi connectivity index (χ0v) is 12.2. The van der Waals surface area contributed by atoms with E-state index in [0.717, 1.165) is 0 Å². The van der Waals surface area contributed by atoms with E-state index in [2.05, 4.69) is 15.4 Å². The fourth-order valence-electron chi connectivity index (χ4n) is 1.42. The number of carbonyl (C=O) groups excluding carboxylic acids is 1. The van der Waals surface area contributed by atoms with Crippen LogP contribution in [-0.4, -0.2) is 24.4 Å². The molecule has 0 aliphatic heterocycles. The summed E-state index contributed by atoms with van der Waals surface area (Å²) in [6, 6.07) is 5.36. The average Bonchev–Trinajstić information content (AvgIpc) is 2.33. The standard InChI is InChI=1S/C14H19F3N2O2/c1-13(2,3)19-9-12(20)18-8-10-4-6-11(7-5-10)21-14(15,16)17/h4-7,19H,8-9H2,1-3H3,(H,18,20). The molecule has 0 saturated carbocycles. The molecule has 21 heavy (non-hydrogen) atoms. The molecule has 1 amide bonds. The molecule has 118 valence electrons. The first-order valence-electron chi connectivity index (χ1n) is 6.41. The Morgan fingerprint density at radius 2 is 1.71 bits per heavy atom. The lowest BCUT2D eigenvalue weighted by molar-refractivity contribution is -0.274. The van der Waals surface area contributed by atoms with Gasteiger partial charge in [0.1, 0.15) is 5.75 Å². The van der Waals surface area contributed by atoms with Gasteiger partial charge in [-0.15, -0.1) is 13.2 Å². The van der Waals surface area contributed by atoms with Gasteiger partial charge >= 0.3 is 6.36 Å². The highest BCUT2D eigenvalue weighted by molar-refractivity contribution is 5.78. The van der Waals surface area contributed by atoms with Gasteiger partial charge in [-0.2, -0.15) is 0 Å². The number of hydrogen-bond donors (Lipinski definition) is 2. The number of benzene rings is 1. The molecule has 0 bridgehead atoms. The van der Waals surface area contributed by atoms with Crippen molar-refractivity contribution in [1.82, 2.24) is 10.6 Å². The van der Waals surface area contributed by atoms with Crippen molar-refractivity contribution < 1.29 is 22.7 Å². The zero-order chi connectivity index (χ0) is 16.1. The van der Waals surface area contributed by atoms with Crippen molar-refractivity contribution in [2.45, 2.75) is 39.2 Å². The Hall–Kier alpha value is -1.76. The summed E-state index contributed by atoms with van der Waals surface area (Å²) in [5, 5.41) is 5.71. The van der Waals surface area contributed by atoms with Crippen molar-refractivity contribution in [3.8, 4) is 5.75 Å². The van der Waals surface area contributed by atoms with Crippen LogP contribution in [-0.2, 0) is 11.3 Å². The third-order valence-corrected chi connectivity index (χ3v) is 2.43. The van der Waals surface area contributed by atoms with Gasteiger partial charge < -0.3 is 15.4 Å². The van der Waals surface area contributed by atoms with Gasteiger partial charge in [-0.05, 0) is 38.5 Å². The van der Waals surface area contributed by atoms with Crippen LogP contribution < -0.4 is 15.4 Å². The van der Waals surface area contributed by atoms with Crippen molar-refractivity contribution in [1.29, 1.82) is 0 Å². The van der Waals surface area contributed by atoms with Crippen LogP contribution in [0.25, 0.3) is 0 Å². The molecule has 0 heterocycles. The van der Waals surface area contributed by atoms with E-state index < -0.39 is 6.36 Å². The third kappa shape index (κ3) is 8.19. The van der Waals surface area contributed by atoms with Crippen LogP contribution in [0, 0.1) is 0 Å². The van der Waals surface area contributed by atoms with Crippen molar-refractivity contribution in [3.63, 3.8) is 0 Å². The Labute approximate surface area is 121 Å². The summed E-state index contributed by atoms with van der Waals surface area (Å²) in [6.07, 6.45) is -4.70. The first-order chi connectivity index (χ1) is 9.55. The van der Waals surface area contributed by atoms with E-state index in [9.17, 15) is 18.0 Å². The molecule has 0 fully saturated rings. The summed E-state index contributed by atoms with van der Waals surface area (Å²) in [5.41, 5.74) is 0.530. The minimum atomic E-state index is -4.70. The van der Waals surface area contributed by atoms with Gasteiger partial charge in [0.15, 0.2) is 0 Å². The van der Waals surface area contributed by atoms with Gasteiger partial charge in [0.05, 0.1) is 6.54 Å². The molecule has 0 aromatic heterocycles. The minimum Gasteiger partial charge on any atom is -0.406 e. The Morgan fingerprint density at radius 1 is 1.14 bits per heavy atom. The first-order valence-corrected chi connectivity index (χ1v) is 6.41. The molecular formula is C14H19F3N2O2. The van der Waals surface area contributed by atoms with E-state index in [0.29, 0.717) is 5.56 Å². The zero-order valence-electron chi connectivity index (χ0n) is 12.2. The van der Waals surface area contributed by atoms with Crippen LogP contribution >= 0.6 is 0 Å². The second-order valence-corrected chi connectivity index (χ2v) is 5.57. The van der Waals surface area contributed by atoms with E-state index in [1.54, 1.807) is 0 Å². The van der Waals surface area contributed by atoms with Crippen LogP contribution in [0.4, 0.5) is 13.2 Å². The molecule has 0 radical (unpaired) electrons. The fraction of sp³-hybridized carbons (Fsp3) is 0.500. The smallest absolute Gasteiger partial charge is 0.406 e. The van der Waals surface area contributed by atoms with E-state index in [1.165, 1.54) is 24.3 Å². The van der Waals surface area contributed by atoms with Gasteiger partial charge in [0, 0.05) is 12.1 Å². The van der Waals surface area contributed by atoms with Crippen molar-refractivity contribution in [2.24, 2.45) is 0 Å². The highest BCUT2D eigenvalue weighted by atomic mass is 19.4. The Morgan fingerprint density at radius 3 is 2.19 bits per heavy atom. The molecule has 0 unspecified atom stereocenters. The predicted octanol–water partition coefficient (Wildman–Crippen LogP) is 2.59. The van der Waals surface area contributed by atoms with Crippen LogP contribution in [0.2, 0.25) is 0 Å². The van der Waals surface area contributed by atoms with Gasteiger partial charge in [-0.3, -0.25) is 4.79 Å². The number of carbonyl (C=O) groups is 1. The lowest BCUT2D eigenvalue weighted by atomic mass is 10.1. The molecule has 2 N–H and O–H groups in total. The Balaban J connectivity index is 2.41. The summed E-state index contributed by atoms with van der Waals surface area (Å²) in [4.78, 5) is 11.6. The van der Waals surface area contributed by atoms with Crippen molar-refractivity contribution in [3.05, 3.63) is 29.8 Å². The molecule has 0 atom stereocenters. The van der Waals surface area contributed by atoms with E-state index in [-0.39, 0.29) is 30.3 Å². The molecule has 0 aliphatic carbocycles. The maximum absolute atomic E-state index is 12.0. The van der Waals surface area contributed by atoms with E-state index in [4.69, 9.17) is 0 Å². The van der Waals surface area contributed by atoms with Gasteiger partial charge in [0.2, 0.25) is 5.91 Å². The van der Waals surface area contributed by atoms with Crippen LogP contribution in [0.15, 0.2) is 24.3 Å². The number of nitrogens with one attached hydrogen (secondary N) is 2.